The molecule has 3 aromatic carbocycles. The van der Waals surface area contributed by atoms with Gasteiger partial charge in [0.05, 0.1) is 24.8 Å². The first kappa shape index (κ1) is 30.5. The van der Waals surface area contributed by atoms with Gasteiger partial charge in [0.1, 0.15) is 12.6 Å². The Morgan fingerprint density at radius 1 is 0.925 bits per heavy atom. The smallest absolute Gasteiger partial charge is 0.264 e. The number of aryl methyl sites for hydroxylation is 2. The lowest BCUT2D eigenvalue weighted by Gasteiger charge is -2.32. The molecule has 1 atom stereocenters. The molecule has 0 saturated carbocycles. The van der Waals surface area contributed by atoms with Crippen molar-refractivity contribution in [1.29, 1.82) is 0 Å². The Balaban J connectivity index is 2.08. The minimum atomic E-state index is -4.24. The summed E-state index contributed by atoms with van der Waals surface area (Å²) in [6.07, 6.45) is 0. The van der Waals surface area contributed by atoms with Gasteiger partial charge in [-0.1, -0.05) is 42.0 Å². The second kappa shape index (κ2) is 13.3. The van der Waals surface area contributed by atoms with E-state index in [0.29, 0.717) is 18.0 Å². The monoisotopic (exact) mass is 567 g/mol. The van der Waals surface area contributed by atoms with E-state index in [0.717, 1.165) is 21.0 Å². The van der Waals surface area contributed by atoms with Gasteiger partial charge in [0.2, 0.25) is 11.8 Å². The normalized spacial score (nSPS) is 11.8. The van der Waals surface area contributed by atoms with Crippen LogP contribution in [-0.2, 0) is 26.2 Å². The van der Waals surface area contributed by atoms with E-state index in [-0.39, 0.29) is 23.1 Å². The van der Waals surface area contributed by atoms with Gasteiger partial charge in [-0.15, -0.1) is 0 Å². The zero-order valence-corrected chi connectivity index (χ0v) is 24.6. The van der Waals surface area contributed by atoms with Crippen LogP contribution in [0.15, 0.2) is 71.6 Å². The molecule has 10 heteroatoms. The zero-order chi connectivity index (χ0) is 29.4. The third-order valence-corrected chi connectivity index (χ3v) is 8.43. The first-order valence-corrected chi connectivity index (χ1v) is 14.4. The predicted molar refractivity (Wildman–Crippen MR) is 155 cm³/mol. The fraction of sp³-hybridized carbons (Fsp3) is 0.333. The van der Waals surface area contributed by atoms with Crippen molar-refractivity contribution < 1.29 is 27.5 Å². The minimum absolute atomic E-state index is 0.0687. The van der Waals surface area contributed by atoms with Gasteiger partial charge in [-0.3, -0.25) is 13.9 Å². The number of nitrogens with zero attached hydrogens (tertiary/aromatic N) is 2. The lowest BCUT2D eigenvalue weighted by atomic mass is 10.1. The van der Waals surface area contributed by atoms with Crippen molar-refractivity contribution in [3.05, 3.63) is 83.4 Å². The Hall–Kier alpha value is -4.05. The summed E-state index contributed by atoms with van der Waals surface area (Å²) in [6, 6.07) is 17.9. The number of methoxy groups -OCH3 is 2. The lowest BCUT2D eigenvalue weighted by Crippen LogP contribution is -2.51. The Kier molecular flexibility index (Phi) is 10.2. The molecule has 9 nitrogen and oxygen atoms in total. The van der Waals surface area contributed by atoms with Gasteiger partial charge in [0.25, 0.3) is 10.0 Å². The first-order valence-electron chi connectivity index (χ1n) is 13.0. The van der Waals surface area contributed by atoms with Crippen LogP contribution >= 0.6 is 0 Å². The molecule has 40 heavy (non-hydrogen) atoms. The highest BCUT2D eigenvalue weighted by atomic mass is 32.2. The Morgan fingerprint density at radius 2 is 1.57 bits per heavy atom. The van der Waals surface area contributed by atoms with Crippen LogP contribution < -0.4 is 19.1 Å². The molecular weight excluding hydrogens is 530 g/mol. The molecule has 0 unspecified atom stereocenters. The Morgan fingerprint density at radius 3 is 2.17 bits per heavy atom. The maximum Gasteiger partial charge on any atom is 0.264 e. The van der Waals surface area contributed by atoms with Crippen LogP contribution in [0.5, 0.6) is 11.5 Å². The van der Waals surface area contributed by atoms with Gasteiger partial charge < -0.3 is 19.7 Å². The number of amides is 2. The van der Waals surface area contributed by atoms with E-state index in [4.69, 9.17) is 9.47 Å². The number of carbonyl (C=O) groups is 2. The number of hydrogen-bond donors (Lipinski definition) is 1. The third kappa shape index (κ3) is 6.93. The van der Waals surface area contributed by atoms with Crippen molar-refractivity contribution in [3.63, 3.8) is 0 Å². The zero-order valence-electron chi connectivity index (χ0n) is 23.8. The van der Waals surface area contributed by atoms with E-state index in [9.17, 15) is 18.0 Å². The number of nitrogens with one attached hydrogen (secondary N) is 1. The highest BCUT2D eigenvalue weighted by Crippen LogP contribution is 2.32. The second-order valence-corrected chi connectivity index (χ2v) is 11.2. The average molecular weight is 568 g/mol. The number of hydrogen-bond acceptors (Lipinski definition) is 6. The van der Waals surface area contributed by atoms with Crippen LogP contribution in [0.1, 0.15) is 30.5 Å². The van der Waals surface area contributed by atoms with Crippen LogP contribution in [0, 0.1) is 13.8 Å². The molecular formula is C30H37N3O6S. The van der Waals surface area contributed by atoms with E-state index in [2.05, 4.69) is 5.32 Å². The predicted octanol–water partition coefficient (Wildman–Crippen LogP) is 4.07. The maximum absolute atomic E-state index is 14.0. The van der Waals surface area contributed by atoms with Crippen molar-refractivity contribution in [3.8, 4) is 11.5 Å². The van der Waals surface area contributed by atoms with E-state index in [1.807, 2.05) is 38.1 Å². The van der Waals surface area contributed by atoms with E-state index in [1.165, 1.54) is 37.3 Å². The summed E-state index contributed by atoms with van der Waals surface area (Å²) in [4.78, 5) is 28.1. The van der Waals surface area contributed by atoms with Crippen molar-refractivity contribution >= 4 is 27.5 Å². The number of carbonyl (C=O) groups excluding carboxylic acids is 2. The summed E-state index contributed by atoms with van der Waals surface area (Å²) in [5.74, 6) is -0.231. The first-order chi connectivity index (χ1) is 19.0. The molecule has 0 aliphatic carbocycles. The highest BCUT2D eigenvalue weighted by Gasteiger charge is 2.33. The van der Waals surface area contributed by atoms with Crippen molar-refractivity contribution in [2.24, 2.45) is 0 Å². The van der Waals surface area contributed by atoms with Crippen molar-refractivity contribution in [2.45, 2.75) is 45.2 Å². The molecule has 2 amide bonds. The van der Waals surface area contributed by atoms with Crippen LogP contribution in [0.2, 0.25) is 0 Å². The van der Waals surface area contributed by atoms with Crippen LogP contribution in [-0.4, -0.2) is 58.5 Å². The SMILES string of the molecule is CCNC(=O)[C@@H](C)N(Cc1ccccc1C)C(=O)CN(c1ccc(C)cc1)S(=O)(=O)c1ccc(OC)c(OC)c1. The molecule has 0 aromatic heterocycles. The summed E-state index contributed by atoms with van der Waals surface area (Å²) < 4.78 is 39.7. The number of benzene rings is 3. The van der Waals surface area contributed by atoms with Gasteiger partial charge in [-0.2, -0.15) is 0 Å². The lowest BCUT2D eigenvalue weighted by molar-refractivity contribution is -0.139. The fourth-order valence-corrected chi connectivity index (χ4v) is 5.65. The van der Waals surface area contributed by atoms with Gasteiger partial charge in [0.15, 0.2) is 11.5 Å². The van der Waals surface area contributed by atoms with Crippen LogP contribution in [0.25, 0.3) is 0 Å². The molecule has 3 aromatic rings. The summed E-state index contributed by atoms with van der Waals surface area (Å²) in [7, 11) is -1.36. The molecule has 0 aliphatic rings. The molecule has 0 aliphatic heterocycles. The third-order valence-electron chi connectivity index (χ3n) is 6.66. The Bertz CT molecular complexity index is 1440. The Labute approximate surface area is 236 Å². The molecule has 0 heterocycles. The van der Waals surface area contributed by atoms with Gasteiger partial charge in [0, 0.05) is 19.2 Å². The standard InChI is InChI=1S/C30H37N3O6S/c1-7-31-30(35)23(4)32(19-24-11-9-8-10-22(24)3)29(34)20-33(25-14-12-21(2)13-15-25)40(36,37)26-16-17-27(38-5)28(18-26)39-6/h8-18,23H,7,19-20H2,1-6H3,(H,31,35)/t23-/m1/s1. The molecule has 0 spiro atoms. The largest absolute Gasteiger partial charge is 0.493 e. The van der Waals surface area contributed by atoms with Crippen molar-refractivity contribution in [2.75, 3.05) is 31.6 Å². The molecule has 0 bridgehead atoms. The highest BCUT2D eigenvalue weighted by molar-refractivity contribution is 7.92. The fourth-order valence-electron chi connectivity index (χ4n) is 4.22. The number of ether oxygens (including phenoxy) is 2. The second-order valence-electron chi connectivity index (χ2n) is 9.38. The van der Waals surface area contributed by atoms with E-state index in [1.54, 1.807) is 38.1 Å². The van der Waals surface area contributed by atoms with E-state index < -0.39 is 28.5 Å². The average Bonchev–Trinajstić information content (AvgIpc) is 2.95. The van der Waals surface area contributed by atoms with Gasteiger partial charge in [-0.25, -0.2) is 8.42 Å². The summed E-state index contributed by atoms with van der Waals surface area (Å²) >= 11 is 0. The molecule has 214 valence electrons. The molecule has 0 saturated heterocycles. The number of sulfonamides is 1. The van der Waals surface area contributed by atoms with E-state index >= 15 is 0 Å². The van der Waals surface area contributed by atoms with Crippen LogP contribution in [0.3, 0.4) is 0 Å². The number of anilines is 1. The molecule has 0 radical (unpaired) electrons. The maximum atomic E-state index is 14.0. The molecule has 3 rings (SSSR count). The summed E-state index contributed by atoms with van der Waals surface area (Å²) in [5.41, 5.74) is 3.06. The molecule has 0 fully saturated rings. The van der Waals surface area contributed by atoms with Crippen LogP contribution in [0.4, 0.5) is 5.69 Å². The summed E-state index contributed by atoms with van der Waals surface area (Å²) in [6.45, 7) is 7.28. The number of likely N-dealkylation sites (N-methyl/N-ethyl adjacent to an activating group) is 1. The van der Waals surface area contributed by atoms with Crippen molar-refractivity contribution in [1.82, 2.24) is 10.2 Å². The minimum Gasteiger partial charge on any atom is -0.493 e. The topological polar surface area (TPSA) is 105 Å². The quantitative estimate of drug-likeness (QED) is 0.354. The van der Waals surface area contributed by atoms with Gasteiger partial charge in [-0.05, 0) is 63.1 Å². The molecule has 1 N–H and O–H groups in total. The van der Waals surface area contributed by atoms with Gasteiger partial charge >= 0.3 is 0 Å². The number of rotatable bonds is 12. The summed E-state index contributed by atoms with van der Waals surface area (Å²) in [5, 5.41) is 2.76.